The molecule has 0 amide bonds. The number of halogens is 1. The third-order valence-corrected chi connectivity index (χ3v) is 5.05. The van der Waals surface area contributed by atoms with Crippen molar-refractivity contribution in [1.29, 1.82) is 0 Å². The Balaban J connectivity index is 1.86. The molecule has 0 saturated heterocycles. The third kappa shape index (κ3) is 2.85. The van der Waals surface area contributed by atoms with Gasteiger partial charge in [0.15, 0.2) is 11.0 Å². The van der Waals surface area contributed by atoms with E-state index in [0.29, 0.717) is 23.0 Å². The second-order valence-electron chi connectivity index (χ2n) is 5.16. The number of ketones is 1. The lowest BCUT2D eigenvalue weighted by Gasteiger charge is -2.19. The van der Waals surface area contributed by atoms with Crippen molar-refractivity contribution >= 4 is 17.5 Å². The molecule has 1 aromatic heterocycles. The van der Waals surface area contributed by atoms with Crippen molar-refractivity contribution in [3.8, 4) is 11.4 Å². The fourth-order valence-electron chi connectivity index (χ4n) is 2.50. The fourth-order valence-corrected chi connectivity index (χ4v) is 3.62. The summed E-state index contributed by atoms with van der Waals surface area (Å²) in [5.41, 5.74) is 0.425. The van der Waals surface area contributed by atoms with Gasteiger partial charge >= 0.3 is 0 Å². The molecule has 0 unspecified atom stereocenters. The minimum Gasteiger partial charge on any atom is -0.305 e. The maximum Gasteiger partial charge on any atom is 0.191 e. The Kier molecular flexibility index (Phi) is 4.05. The van der Waals surface area contributed by atoms with Gasteiger partial charge < -0.3 is 4.57 Å². The van der Waals surface area contributed by atoms with Crippen LogP contribution >= 0.6 is 11.8 Å². The Labute approximate surface area is 126 Å². The van der Waals surface area contributed by atoms with Gasteiger partial charge in [-0.05, 0) is 25.0 Å². The van der Waals surface area contributed by atoms with Gasteiger partial charge in [-0.15, -0.1) is 10.2 Å². The predicted molar refractivity (Wildman–Crippen MR) is 79.5 cm³/mol. The van der Waals surface area contributed by atoms with Crippen molar-refractivity contribution in [2.24, 2.45) is 7.05 Å². The van der Waals surface area contributed by atoms with Gasteiger partial charge in [-0.25, -0.2) is 4.39 Å². The molecule has 0 spiro atoms. The van der Waals surface area contributed by atoms with E-state index in [-0.39, 0.29) is 16.9 Å². The van der Waals surface area contributed by atoms with Crippen LogP contribution in [-0.4, -0.2) is 25.8 Å². The number of carbonyl (C=O) groups excluding carboxylic acids is 1. The summed E-state index contributed by atoms with van der Waals surface area (Å²) < 4.78 is 15.6. The largest absolute Gasteiger partial charge is 0.305 e. The number of nitrogens with zero attached hydrogens (tertiary/aromatic N) is 3. The molecule has 1 heterocycles. The minimum absolute atomic E-state index is 0.0462. The second-order valence-corrected chi connectivity index (χ2v) is 6.33. The van der Waals surface area contributed by atoms with Crippen molar-refractivity contribution in [1.82, 2.24) is 14.8 Å². The van der Waals surface area contributed by atoms with E-state index < -0.39 is 0 Å². The molecule has 21 heavy (non-hydrogen) atoms. The molecule has 4 nitrogen and oxygen atoms in total. The molecule has 1 aliphatic carbocycles. The first kappa shape index (κ1) is 14.3. The summed E-state index contributed by atoms with van der Waals surface area (Å²) in [4.78, 5) is 11.9. The summed E-state index contributed by atoms with van der Waals surface area (Å²) in [6.07, 6.45) is 3.58. The minimum atomic E-state index is -0.321. The van der Waals surface area contributed by atoms with Gasteiger partial charge in [0.1, 0.15) is 11.6 Å². The van der Waals surface area contributed by atoms with E-state index in [1.807, 2.05) is 0 Å². The normalized spacial score (nSPS) is 19.0. The van der Waals surface area contributed by atoms with Gasteiger partial charge in [-0.3, -0.25) is 4.79 Å². The molecule has 110 valence electrons. The van der Waals surface area contributed by atoms with E-state index in [4.69, 9.17) is 0 Å². The van der Waals surface area contributed by atoms with Gasteiger partial charge in [-0.2, -0.15) is 0 Å². The smallest absolute Gasteiger partial charge is 0.191 e. The van der Waals surface area contributed by atoms with Gasteiger partial charge in [0.2, 0.25) is 0 Å². The molecule has 6 heteroatoms. The van der Waals surface area contributed by atoms with Gasteiger partial charge in [-0.1, -0.05) is 30.3 Å². The Bertz CT molecular complexity index is 671. The van der Waals surface area contributed by atoms with E-state index in [2.05, 4.69) is 10.2 Å². The van der Waals surface area contributed by atoms with E-state index >= 15 is 0 Å². The lowest BCUT2D eigenvalue weighted by Crippen LogP contribution is -2.21. The summed E-state index contributed by atoms with van der Waals surface area (Å²) in [5.74, 6) is 0.443. The van der Waals surface area contributed by atoms with Crippen LogP contribution in [0.2, 0.25) is 0 Å². The Hall–Kier alpha value is -1.69. The van der Waals surface area contributed by atoms with E-state index in [0.717, 1.165) is 19.3 Å². The average Bonchev–Trinajstić information content (AvgIpc) is 2.83. The lowest BCUT2D eigenvalue weighted by molar-refractivity contribution is -0.119. The molecule has 0 radical (unpaired) electrons. The monoisotopic (exact) mass is 305 g/mol. The molecular formula is C15H16FN3OS. The quantitative estimate of drug-likeness (QED) is 0.873. The fraction of sp³-hybridized carbons (Fsp3) is 0.400. The number of hydrogen-bond donors (Lipinski definition) is 0. The van der Waals surface area contributed by atoms with Crippen LogP contribution in [0.3, 0.4) is 0 Å². The molecule has 1 aromatic carbocycles. The maximum absolute atomic E-state index is 13.8. The highest BCUT2D eigenvalue weighted by molar-refractivity contribution is 8.00. The Morgan fingerprint density at radius 3 is 2.86 bits per heavy atom. The van der Waals surface area contributed by atoms with Crippen molar-refractivity contribution in [3.05, 3.63) is 30.1 Å². The SMILES string of the molecule is Cn1c(S[C@H]2CCCCC2=O)nnc1-c1ccccc1F. The van der Waals surface area contributed by atoms with Crippen LogP contribution in [0.5, 0.6) is 0 Å². The first-order valence-corrected chi connectivity index (χ1v) is 7.88. The van der Waals surface area contributed by atoms with Crippen molar-refractivity contribution in [2.45, 2.75) is 36.1 Å². The summed E-state index contributed by atoms with van der Waals surface area (Å²) >= 11 is 1.44. The van der Waals surface area contributed by atoms with Gasteiger partial charge in [0, 0.05) is 13.5 Å². The van der Waals surface area contributed by atoms with Gasteiger partial charge in [0.05, 0.1) is 10.8 Å². The molecule has 1 atom stereocenters. The molecule has 0 bridgehead atoms. The number of rotatable bonds is 3. The van der Waals surface area contributed by atoms with Crippen LogP contribution in [0.25, 0.3) is 11.4 Å². The predicted octanol–water partition coefficient (Wildman–Crippen LogP) is 3.23. The van der Waals surface area contributed by atoms with Crippen LogP contribution < -0.4 is 0 Å². The number of carbonyl (C=O) groups is 1. The number of thioether (sulfide) groups is 1. The first-order chi connectivity index (χ1) is 10.2. The highest BCUT2D eigenvalue weighted by Crippen LogP contribution is 2.32. The van der Waals surface area contributed by atoms with E-state index in [1.165, 1.54) is 17.8 Å². The summed E-state index contributed by atoms with van der Waals surface area (Å²) in [5, 5.41) is 8.81. The van der Waals surface area contributed by atoms with Crippen LogP contribution in [0.4, 0.5) is 4.39 Å². The van der Waals surface area contributed by atoms with Crippen molar-refractivity contribution in [3.63, 3.8) is 0 Å². The first-order valence-electron chi connectivity index (χ1n) is 7.00. The molecule has 1 fully saturated rings. The molecular weight excluding hydrogens is 289 g/mol. The highest BCUT2D eigenvalue weighted by Gasteiger charge is 2.26. The molecule has 0 N–H and O–H groups in total. The third-order valence-electron chi connectivity index (χ3n) is 3.70. The van der Waals surface area contributed by atoms with Crippen molar-refractivity contribution < 1.29 is 9.18 Å². The maximum atomic E-state index is 13.8. The summed E-state index contributed by atoms with van der Waals surface area (Å²) in [6, 6.07) is 6.50. The Morgan fingerprint density at radius 1 is 1.29 bits per heavy atom. The highest BCUT2D eigenvalue weighted by atomic mass is 32.2. The summed E-state index contributed by atoms with van der Waals surface area (Å²) in [7, 11) is 1.80. The van der Waals surface area contributed by atoms with E-state index in [1.54, 1.807) is 29.8 Å². The zero-order chi connectivity index (χ0) is 14.8. The standard InChI is InChI=1S/C15H16FN3OS/c1-19-14(10-6-2-3-7-11(10)16)17-18-15(19)21-13-9-5-4-8-12(13)20/h2-3,6-7,13H,4-5,8-9H2,1H3/t13-/m0/s1. The van der Waals surface area contributed by atoms with Crippen LogP contribution in [0.1, 0.15) is 25.7 Å². The lowest BCUT2D eigenvalue weighted by atomic mass is 9.99. The molecule has 1 saturated carbocycles. The average molecular weight is 305 g/mol. The number of Topliss-reactive ketones (excluding diaryl/α,β-unsaturated/α-hetero) is 1. The topological polar surface area (TPSA) is 47.8 Å². The van der Waals surface area contributed by atoms with Crippen LogP contribution in [0, 0.1) is 5.82 Å². The molecule has 0 aliphatic heterocycles. The zero-order valence-corrected chi connectivity index (χ0v) is 12.6. The van der Waals surface area contributed by atoms with Crippen LogP contribution in [-0.2, 0) is 11.8 Å². The number of benzene rings is 1. The Morgan fingerprint density at radius 2 is 2.10 bits per heavy atom. The second kappa shape index (κ2) is 5.97. The number of hydrogen-bond acceptors (Lipinski definition) is 4. The van der Waals surface area contributed by atoms with E-state index in [9.17, 15) is 9.18 Å². The zero-order valence-electron chi connectivity index (χ0n) is 11.8. The molecule has 2 aromatic rings. The van der Waals surface area contributed by atoms with Crippen molar-refractivity contribution in [2.75, 3.05) is 0 Å². The molecule has 1 aliphatic rings. The van der Waals surface area contributed by atoms with Crippen LogP contribution in [0.15, 0.2) is 29.4 Å². The molecule has 3 rings (SSSR count). The summed E-state index contributed by atoms with van der Waals surface area (Å²) in [6.45, 7) is 0. The van der Waals surface area contributed by atoms with Gasteiger partial charge in [0.25, 0.3) is 0 Å². The number of aromatic nitrogens is 3.